The molecule has 1 aliphatic heterocycles. The minimum Gasteiger partial charge on any atom is -0.383 e. The van der Waals surface area contributed by atoms with Crippen LogP contribution in [0, 0.1) is 0 Å². The molecule has 0 saturated carbocycles. The number of β-amino-alcohol motifs (C(OH)–C–C–N with tert-alkyl or cyclic N) is 1. The molecule has 2 aromatic carbocycles. The zero-order valence-electron chi connectivity index (χ0n) is 14.5. The normalized spacial score (nSPS) is 19.7. The summed E-state index contributed by atoms with van der Waals surface area (Å²) in [7, 11) is 0. The molecule has 1 aromatic heterocycles. The third-order valence-corrected chi connectivity index (χ3v) is 4.92. The van der Waals surface area contributed by atoms with Crippen LogP contribution in [-0.2, 0) is 12.1 Å². The first kappa shape index (κ1) is 16.5. The molecule has 1 atom stereocenters. The van der Waals surface area contributed by atoms with Gasteiger partial charge in [0.2, 0.25) is 0 Å². The maximum atomic E-state index is 12.9. The fourth-order valence-electron chi connectivity index (χ4n) is 3.52. The Morgan fingerprint density at radius 2 is 1.96 bits per heavy atom. The van der Waals surface area contributed by atoms with Crippen LogP contribution in [0.4, 0.5) is 0 Å². The van der Waals surface area contributed by atoms with Crippen LogP contribution in [-0.4, -0.2) is 38.8 Å². The molecule has 1 amide bonds. The highest BCUT2D eigenvalue weighted by Crippen LogP contribution is 2.32. The Kier molecular flexibility index (Phi) is 4.31. The van der Waals surface area contributed by atoms with Crippen molar-refractivity contribution in [1.82, 2.24) is 14.7 Å². The first-order valence-corrected chi connectivity index (χ1v) is 8.78. The zero-order valence-corrected chi connectivity index (χ0v) is 14.5. The Morgan fingerprint density at radius 3 is 2.73 bits per heavy atom. The molecule has 0 unspecified atom stereocenters. The fraction of sp³-hybridized carbons (Fsp3) is 0.238. The Morgan fingerprint density at radius 1 is 1.12 bits per heavy atom. The second-order valence-electron chi connectivity index (χ2n) is 6.78. The van der Waals surface area contributed by atoms with E-state index in [2.05, 4.69) is 5.10 Å². The van der Waals surface area contributed by atoms with E-state index in [0.29, 0.717) is 31.6 Å². The van der Waals surface area contributed by atoms with Gasteiger partial charge < -0.3 is 10.0 Å². The number of amides is 1. The third-order valence-electron chi connectivity index (χ3n) is 4.92. The predicted octanol–water partition coefficient (Wildman–Crippen LogP) is 2.67. The molecule has 1 fully saturated rings. The smallest absolute Gasteiger partial charge is 0.253 e. The van der Waals surface area contributed by atoms with Crippen molar-refractivity contribution in [3.8, 4) is 0 Å². The molecule has 0 spiro atoms. The quantitative estimate of drug-likeness (QED) is 0.789. The van der Waals surface area contributed by atoms with Gasteiger partial charge in [0.25, 0.3) is 5.91 Å². The zero-order chi connectivity index (χ0) is 18.0. The predicted molar refractivity (Wildman–Crippen MR) is 98.6 cm³/mol. The van der Waals surface area contributed by atoms with Crippen molar-refractivity contribution in [1.29, 1.82) is 0 Å². The Bertz CT molecular complexity index is 893. The van der Waals surface area contributed by atoms with E-state index in [1.807, 2.05) is 71.5 Å². The average Bonchev–Trinajstić information content (AvgIpc) is 3.33. The number of benzene rings is 2. The van der Waals surface area contributed by atoms with Gasteiger partial charge in [0.15, 0.2) is 0 Å². The molecule has 132 valence electrons. The molecular weight excluding hydrogens is 326 g/mol. The summed E-state index contributed by atoms with van der Waals surface area (Å²) in [6, 6.07) is 19.1. The van der Waals surface area contributed by atoms with Gasteiger partial charge >= 0.3 is 0 Å². The summed E-state index contributed by atoms with van der Waals surface area (Å²) in [5.41, 5.74) is 1.57. The maximum absolute atomic E-state index is 12.9. The number of aliphatic hydroxyl groups is 1. The summed E-state index contributed by atoms with van der Waals surface area (Å²) in [5.74, 6) is -0.0424. The van der Waals surface area contributed by atoms with E-state index in [4.69, 9.17) is 0 Å². The minimum absolute atomic E-state index is 0.0424. The number of aromatic nitrogens is 2. The number of carbonyl (C=O) groups excluding carboxylic acids is 1. The lowest BCUT2D eigenvalue weighted by molar-refractivity contribution is 0.0417. The lowest BCUT2D eigenvalue weighted by Gasteiger charge is -2.24. The summed E-state index contributed by atoms with van der Waals surface area (Å²) in [6.07, 6.45) is 4.19. The summed E-state index contributed by atoms with van der Waals surface area (Å²) >= 11 is 0. The van der Waals surface area contributed by atoms with Crippen LogP contribution >= 0.6 is 0 Å². The molecule has 1 N–H and O–H groups in total. The van der Waals surface area contributed by atoms with Crippen molar-refractivity contribution in [3.63, 3.8) is 0 Å². The van der Waals surface area contributed by atoms with E-state index in [0.717, 1.165) is 11.1 Å². The van der Waals surface area contributed by atoms with Crippen LogP contribution in [0.5, 0.6) is 0 Å². The van der Waals surface area contributed by atoms with Crippen molar-refractivity contribution in [2.24, 2.45) is 0 Å². The molecule has 26 heavy (non-hydrogen) atoms. The topological polar surface area (TPSA) is 58.4 Å². The van der Waals surface area contributed by atoms with Crippen LogP contribution in [0.15, 0.2) is 73.1 Å². The van der Waals surface area contributed by atoms with Gasteiger partial charge in [-0.05, 0) is 35.7 Å². The molecule has 0 radical (unpaired) electrons. The van der Waals surface area contributed by atoms with Gasteiger partial charge in [0.1, 0.15) is 5.60 Å². The van der Waals surface area contributed by atoms with E-state index >= 15 is 0 Å². The van der Waals surface area contributed by atoms with E-state index in [1.54, 1.807) is 11.1 Å². The molecule has 5 nitrogen and oxygen atoms in total. The summed E-state index contributed by atoms with van der Waals surface area (Å²) in [4.78, 5) is 14.6. The summed E-state index contributed by atoms with van der Waals surface area (Å²) in [6.45, 7) is 1.49. The number of carbonyl (C=O) groups is 1. The maximum Gasteiger partial charge on any atom is 0.253 e. The second kappa shape index (κ2) is 6.77. The van der Waals surface area contributed by atoms with Crippen molar-refractivity contribution in [2.45, 2.75) is 18.6 Å². The van der Waals surface area contributed by atoms with Crippen molar-refractivity contribution in [2.75, 3.05) is 13.1 Å². The second-order valence-corrected chi connectivity index (χ2v) is 6.78. The van der Waals surface area contributed by atoms with Gasteiger partial charge in [0, 0.05) is 24.5 Å². The lowest BCUT2D eigenvalue weighted by Crippen LogP contribution is -2.34. The fourth-order valence-corrected chi connectivity index (χ4v) is 3.52. The van der Waals surface area contributed by atoms with Crippen LogP contribution < -0.4 is 0 Å². The minimum atomic E-state index is -0.969. The first-order chi connectivity index (χ1) is 12.6. The average molecular weight is 347 g/mol. The van der Waals surface area contributed by atoms with Crippen LogP contribution in [0.25, 0.3) is 0 Å². The number of likely N-dealkylation sites (tertiary alicyclic amines) is 1. The third kappa shape index (κ3) is 3.26. The number of rotatable bonds is 4. The van der Waals surface area contributed by atoms with Gasteiger partial charge in [-0.15, -0.1) is 0 Å². The SMILES string of the molecule is O=C(c1cccc(Cn2cccn2)c1)N1CC[C@](O)(c2ccccc2)C1. The van der Waals surface area contributed by atoms with Crippen LogP contribution in [0.3, 0.4) is 0 Å². The Labute approximate surface area is 152 Å². The summed E-state index contributed by atoms with van der Waals surface area (Å²) < 4.78 is 1.83. The molecule has 4 rings (SSSR count). The molecule has 2 heterocycles. The Balaban J connectivity index is 1.50. The van der Waals surface area contributed by atoms with Crippen molar-refractivity contribution < 1.29 is 9.90 Å². The van der Waals surface area contributed by atoms with E-state index < -0.39 is 5.60 Å². The first-order valence-electron chi connectivity index (χ1n) is 8.78. The Hall–Kier alpha value is -2.92. The highest BCUT2D eigenvalue weighted by Gasteiger charge is 2.39. The van der Waals surface area contributed by atoms with Gasteiger partial charge in [0.05, 0.1) is 13.1 Å². The van der Waals surface area contributed by atoms with Gasteiger partial charge in [-0.3, -0.25) is 9.48 Å². The number of hydrogen-bond acceptors (Lipinski definition) is 3. The number of hydrogen-bond donors (Lipinski definition) is 1. The lowest BCUT2D eigenvalue weighted by atomic mass is 9.93. The van der Waals surface area contributed by atoms with Gasteiger partial charge in [-0.1, -0.05) is 42.5 Å². The molecule has 0 bridgehead atoms. The molecule has 1 saturated heterocycles. The highest BCUT2D eigenvalue weighted by atomic mass is 16.3. The van der Waals surface area contributed by atoms with Crippen molar-refractivity contribution in [3.05, 3.63) is 89.7 Å². The molecular formula is C21H21N3O2. The molecule has 5 heteroatoms. The van der Waals surface area contributed by atoms with E-state index in [1.165, 1.54) is 0 Å². The number of nitrogens with zero attached hydrogens (tertiary/aromatic N) is 3. The van der Waals surface area contributed by atoms with Crippen molar-refractivity contribution >= 4 is 5.91 Å². The van der Waals surface area contributed by atoms with E-state index in [-0.39, 0.29) is 5.91 Å². The van der Waals surface area contributed by atoms with E-state index in [9.17, 15) is 9.90 Å². The largest absolute Gasteiger partial charge is 0.383 e. The molecule has 3 aromatic rings. The van der Waals surface area contributed by atoms with Gasteiger partial charge in [-0.25, -0.2) is 0 Å². The monoisotopic (exact) mass is 347 g/mol. The summed E-state index contributed by atoms with van der Waals surface area (Å²) in [5, 5.41) is 15.2. The van der Waals surface area contributed by atoms with Crippen LogP contribution in [0.2, 0.25) is 0 Å². The van der Waals surface area contributed by atoms with Gasteiger partial charge in [-0.2, -0.15) is 5.10 Å². The standard InChI is InChI=1S/C21H21N3O2/c25-20(18-7-4-6-17(14-18)15-24-12-5-11-22-24)23-13-10-21(26,16-23)19-8-2-1-3-9-19/h1-9,11-12,14,26H,10,13,15-16H2/t21-/m1/s1. The highest BCUT2D eigenvalue weighted by molar-refractivity contribution is 5.94. The molecule has 0 aliphatic carbocycles. The molecule has 1 aliphatic rings. The van der Waals surface area contributed by atoms with Crippen LogP contribution in [0.1, 0.15) is 27.9 Å².